The van der Waals surface area contributed by atoms with E-state index in [1.54, 1.807) is 11.3 Å². The molecule has 4 rings (SSSR count). The highest BCUT2D eigenvalue weighted by atomic mass is 32.1. The van der Waals surface area contributed by atoms with Crippen LogP contribution in [0.2, 0.25) is 0 Å². The van der Waals surface area contributed by atoms with Crippen molar-refractivity contribution in [2.45, 2.75) is 65.7 Å². The molecule has 1 aromatic carbocycles. The van der Waals surface area contributed by atoms with Gasteiger partial charge in [0.25, 0.3) is 5.56 Å². The average molecular weight is 452 g/mol. The zero-order valence-corrected chi connectivity index (χ0v) is 20.3. The second-order valence-electron chi connectivity index (χ2n) is 10.1. The first-order chi connectivity index (χ1) is 15.2. The van der Waals surface area contributed by atoms with Crippen molar-refractivity contribution < 1.29 is 4.79 Å². The highest BCUT2D eigenvalue weighted by molar-refractivity contribution is 7.18. The van der Waals surface area contributed by atoms with Crippen LogP contribution in [0.15, 0.2) is 35.1 Å². The number of amides is 1. The van der Waals surface area contributed by atoms with Gasteiger partial charge in [0.15, 0.2) is 0 Å². The molecule has 6 heteroatoms. The van der Waals surface area contributed by atoms with Crippen LogP contribution in [0.1, 0.15) is 68.3 Å². The number of rotatable bonds is 6. The lowest BCUT2D eigenvalue weighted by atomic mass is 9.72. The van der Waals surface area contributed by atoms with Crippen molar-refractivity contribution >= 4 is 27.5 Å². The van der Waals surface area contributed by atoms with E-state index in [9.17, 15) is 9.59 Å². The number of nitrogens with zero attached hydrogens (tertiary/aromatic N) is 1. The molecule has 0 unspecified atom stereocenters. The largest absolute Gasteiger partial charge is 0.355 e. The number of aromatic nitrogens is 2. The Morgan fingerprint density at radius 2 is 2.03 bits per heavy atom. The Bertz CT molecular complexity index is 1160. The molecule has 2 aromatic heterocycles. The van der Waals surface area contributed by atoms with Crippen molar-refractivity contribution in [3.05, 3.63) is 62.5 Å². The SMILES string of the molecule is C[C@H](CNC(=O)CCc1nc2sc3c(c2c(=O)[nH]1)CC[C@@H](C(C)(C)C)C3)c1ccccc1. The molecule has 5 nitrogen and oxygen atoms in total. The first-order valence-corrected chi connectivity index (χ1v) is 12.4. The molecule has 0 aliphatic heterocycles. The first-order valence-electron chi connectivity index (χ1n) is 11.6. The van der Waals surface area contributed by atoms with Gasteiger partial charge in [0, 0.05) is 24.3 Å². The average Bonchev–Trinajstić information content (AvgIpc) is 3.14. The number of benzene rings is 1. The van der Waals surface area contributed by atoms with E-state index in [1.807, 2.05) is 18.2 Å². The maximum atomic E-state index is 12.8. The van der Waals surface area contributed by atoms with E-state index in [4.69, 9.17) is 4.98 Å². The van der Waals surface area contributed by atoms with E-state index in [0.29, 0.717) is 31.1 Å². The number of aryl methyl sites for hydroxylation is 2. The summed E-state index contributed by atoms with van der Waals surface area (Å²) in [6.45, 7) is 9.59. The second kappa shape index (κ2) is 9.18. The molecule has 2 atom stereocenters. The predicted molar refractivity (Wildman–Crippen MR) is 131 cm³/mol. The summed E-state index contributed by atoms with van der Waals surface area (Å²) in [5, 5.41) is 3.77. The zero-order valence-electron chi connectivity index (χ0n) is 19.5. The molecule has 2 N–H and O–H groups in total. The fraction of sp³-hybridized carbons (Fsp3) is 0.500. The molecule has 170 valence electrons. The summed E-state index contributed by atoms with van der Waals surface area (Å²) >= 11 is 1.66. The van der Waals surface area contributed by atoms with Gasteiger partial charge in [-0.2, -0.15) is 0 Å². The number of carbonyl (C=O) groups is 1. The van der Waals surface area contributed by atoms with Crippen LogP contribution in [-0.2, 0) is 24.1 Å². The molecule has 2 heterocycles. The number of H-pyrrole nitrogens is 1. The minimum Gasteiger partial charge on any atom is -0.355 e. The van der Waals surface area contributed by atoms with Crippen molar-refractivity contribution in [2.24, 2.45) is 11.3 Å². The van der Waals surface area contributed by atoms with Crippen molar-refractivity contribution in [3.8, 4) is 0 Å². The molecule has 0 saturated heterocycles. The summed E-state index contributed by atoms with van der Waals surface area (Å²) in [6, 6.07) is 10.2. The van der Waals surface area contributed by atoms with Crippen molar-refractivity contribution in [3.63, 3.8) is 0 Å². The molecule has 0 radical (unpaired) electrons. The smallest absolute Gasteiger partial charge is 0.259 e. The van der Waals surface area contributed by atoms with E-state index in [1.165, 1.54) is 16.0 Å². The van der Waals surface area contributed by atoms with Crippen LogP contribution < -0.4 is 10.9 Å². The van der Waals surface area contributed by atoms with Gasteiger partial charge in [-0.05, 0) is 47.6 Å². The summed E-state index contributed by atoms with van der Waals surface area (Å²) in [6.07, 6.45) is 3.84. The molecule has 0 saturated carbocycles. The summed E-state index contributed by atoms with van der Waals surface area (Å²) < 4.78 is 0. The molecule has 1 amide bonds. The standard InChI is InChI=1S/C26H33N3O2S/c1-16(17-8-6-5-7-9-17)15-27-22(30)13-12-21-28-24(31)23-19-11-10-18(26(2,3)4)14-20(19)32-25(23)29-21/h5-9,16,18H,10-15H2,1-4H3,(H,27,30)(H,28,29,31)/t16-,18-/m1/s1. The third-order valence-electron chi connectivity index (χ3n) is 6.76. The van der Waals surface area contributed by atoms with Gasteiger partial charge >= 0.3 is 0 Å². The molecule has 0 spiro atoms. The fourth-order valence-corrected chi connectivity index (χ4v) is 5.89. The Morgan fingerprint density at radius 3 is 2.75 bits per heavy atom. The van der Waals surface area contributed by atoms with Crippen molar-refractivity contribution in [2.75, 3.05) is 6.54 Å². The van der Waals surface area contributed by atoms with Crippen LogP contribution in [0.5, 0.6) is 0 Å². The monoisotopic (exact) mass is 451 g/mol. The lowest BCUT2D eigenvalue weighted by Gasteiger charge is -2.33. The van der Waals surface area contributed by atoms with Crippen molar-refractivity contribution in [1.29, 1.82) is 0 Å². The molecule has 32 heavy (non-hydrogen) atoms. The van der Waals surface area contributed by atoms with Crippen molar-refractivity contribution in [1.82, 2.24) is 15.3 Å². The fourth-order valence-electron chi connectivity index (χ4n) is 4.57. The first kappa shape index (κ1) is 22.7. The van der Waals surface area contributed by atoms with E-state index in [0.717, 1.165) is 29.5 Å². The highest BCUT2D eigenvalue weighted by Gasteiger charge is 2.31. The topological polar surface area (TPSA) is 74.8 Å². The van der Waals surface area contributed by atoms with E-state index in [2.05, 4.69) is 50.1 Å². The molecule has 1 aliphatic rings. The Kier molecular flexibility index (Phi) is 6.52. The van der Waals surface area contributed by atoms with Gasteiger partial charge in [-0.15, -0.1) is 11.3 Å². The van der Waals surface area contributed by atoms with Gasteiger partial charge in [-0.3, -0.25) is 9.59 Å². The lowest BCUT2D eigenvalue weighted by Crippen LogP contribution is -2.28. The quantitative estimate of drug-likeness (QED) is 0.554. The van der Waals surface area contributed by atoms with Crippen LogP contribution in [0.3, 0.4) is 0 Å². The van der Waals surface area contributed by atoms with Crippen LogP contribution in [0.4, 0.5) is 0 Å². The summed E-state index contributed by atoms with van der Waals surface area (Å²) in [5.41, 5.74) is 2.61. The number of fused-ring (bicyclic) bond motifs is 3. The Morgan fingerprint density at radius 1 is 1.28 bits per heavy atom. The number of hydrogen-bond acceptors (Lipinski definition) is 4. The van der Waals surface area contributed by atoms with Gasteiger partial charge in [0.05, 0.1) is 5.39 Å². The number of aromatic amines is 1. The summed E-state index contributed by atoms with van der Waals surface area (Å²) in [5.74, 6) is 1.46. The molecular weight excluding hydrogens is 418 g/mol. The molecule has 3 aromatic rings. The predicted octanol–water partition coefficient (Wildman–Crippen LogP) is 4.99. The number of thiophene rings is 1. The Hall–Kier alpha value is -2.47. The minimum atomic E-state index is -0.0604. The second-order valence-corrected chi connectivity index (χ2v) is 11.2. The van der Waals surface area contributed by atoms with Crippen LogP contribution >= 0.6 is 11.3 Å². The van der Waals surface area contributed by atoms with Crippen LogP contribution in [0, 0.1) is 11.3 Å². The number of hydrogen-bond donors (Lipinski definition) is 2. The number of carbonyl (C=O) groups excluding carboxylic acids is 1. The Labute approximate surface area is 193 Å². The van der Waals surface area contributed by atoms with E-state index >= 15 is 0 Å². The maximum absolute atomic E-state index is 12.8. The molecular formula is C26H33N3O2S. The Balaban J connectivity index is 1.40. The normalized spacial score (nSPS) is 17.2. The maximum Gasteiger partial charge on any atom is 0.259 e. The van der Waals surface area contributed by atoms with E-state index in [-0.39, 0.29) is 22.8 Å². The minimum absolute atomic E-state index is 0.0194. The van der Waals surface area contributed by atoms with Gasteiger partial charge in [-0.1, -0.05) is 58.0 Å². The highest BCUT2D eigenvalue weighted by Crippen LogP contribution is 2.41. The lowest BCUT2D eigenvalue weighted by molar-refractivity contribution is -0.121. The third-order valence-corrected chi connectivity index (χ3v) is 7.90. The molecule has 0 fully saturated rings. The number of nitrogens with one attached hydrogen (secondary N) is 2. The summed E-state index contributed by atoms with van der Waals surface area (Å²) in [4.78, 5) is 35.0. The van der Waals surface area contributed by atoms with Crippen LogP contribution in [-0.4, -0.2) is 22.4 Å². The third kappa shape index (κ3) is 4.96. The molecule has 1 aliphatic carbocycles. The van der Waals surface area contributed by atoms with Crippen LogP contribution in [0.25, 0.3) is 10.2 Å². The zero-order chi connectivity index (χ0) is 22.9. The summed E-state index contributed by atoms with van der Waals surface area (Å²) in [7, 11) is 0. The van der Waals surface area contributed by atoms with E-state index < -0.39 is 0 Å². The molecule has 0 bridgehead atoms. The van der Waals surface area contributed by atoms with Gasteiger partial charge in [0.2, 0.25) is 5.91 Å². The van der Waals surface area contributed by atoms with Gasteiger partial charge in [0.1, 0.15) is 10.7 Å². The van der Waals surface area contributed by atoms with Gasteiger partial charge in [-0.25, -0.2) is 4.98 Å². The van der Waals surface area contributed by atoms with Gasteiger partial charge < -0.3 is 10.3 Å².